The van der Waals surface area contributed by atoms with Crippen molar-refractivity contribution in [3.05, 3.63) is 0 Å². The summed E-state index contributed by atoms with van der Waals surface area (Å²) < 4.78 is 5.02. The quantitative estimate of drug-likeness (QED) is 0.793. The van der Waals surface area contributed by atoms with Crippen molar-refractivity contribution in [2.24, 2.45) is 5.92 Å². The zero-order chi connectivity index (χ0) is 12.5. The van der Waals surface area contributed by atoms with Gasteiger partial charge in [0.25, 0.3) is 0 Å². The number of hydrogen-bond acceptors (Lipinski definition) is 2. The second-order valence-electron chi connectivity index (χ2n) is 4.84. The lowest BCUT2D eigenvalue weighted by molar-refractivity contribution is -0.125. The van der Waals surface area contributed by atoms with Crippen LogP contribution < -0.4 is 5.32 Å². The molecule has 0 spiro atoms. The Labute approximate surface area is 113 Å². The van der Waals surface area contributed by atoms with E-state index in [1.54, 1.807) is 7.11 Å². The van der Waals surface area contributed by atoms with Crippen LogP contribution in [0.1, 0.15) is 44.9 Å². The van der Waals surface area contributed by atoms with Gasteiger partial charge in [0.2, 0.25) is 5.91 Å². The summed E-state index contributed by atoms with van der Waals surface area (Å²) in [5, 5.41) is 3.02. The molecule has 1 aliphatic carbocycles. The number of nitrogens with one attached hydrogen (secondary N) is 1. The highest BCUT2D eigenvalue weighted by Crippen LogP contribution is 2.22. The van der Waals surface area contributed by atoms with Gasteiger partial charge in [0.05, 0.1) is 11.4 Å². The third-order valence-electron chi connectivity index (χ3n) is 3.32. The molecule has 1 N–H and O–H groups in total. The number of halogens is 1. The van der Waals surface area contributed by atoms with E-state index in [1.165, 1.54) is 32.1 Å². The third-order valence-corrected chi connectivity index (χ3v) is 3.91. The average molecular weight is 306 g/mol. The van der Waals surface area contributed by atoms with Crippen LogP contribution in [0.3, 0.4) is 0 Å². The number of alkyl halides is 1. The second-order valence-corrected chi connectivity index (χ2v) is 6.13. The first-order valence-electron chi connectivity index (χ1n) is 6.64. The fourth-order valence-corrected chi connectivity index (χ4v) is 2.74. The van der Waals surface area contributed by atoms with E-state index < -0.39 is 0 Å². The summed E-state index contributed by atoms with van der Waals surface area (Å²) >= 11 is 3.48. The number of carbonyl (C=O) groups is 1. The van der Waals surface area contributed by atoms with E-state index in [0.29, 0.717) is 13.2 Å². The molecule has 0 aliphatic heterocycles. The molecule has 4 heteroatoms. The summed E-state index contributed by atoms with van der Waals surface area (Å²) in [6.07, 6.45) is 8.43. The molecule has 0 saturated heterocycles. The van der Waals surface area contributed by atoms with Gasteiger partial charge in [-0.2, -0.15) is 0 Å². The number of hydrogen-bond donors (Lipinski definition) is 1. The van der Waals surface area contributed by atoms with Crippen molar-refractivity contribution in [2.45, 2.75) is 49.8 Å². The minimum Gasteiger partial charge on any atom is -0.383 e. The maximum Gasteiger partial charge on any atom is 0.223 e. The first-order valence-corrected chi connectivity index (χ1v) is 7.56. The van der Waals surface area contributed by atoms with Crippen molar-refractivity contribution in [1.82, 2.24) is 5.32 Å². The molecule has 0 aromatic heterocycles. The van der Waals surface area contributed by atoms with Gasteiger partial charge in [0.15, 0.2) is 0 Å². The SMILES string of the molecule is COCC(Br)CNC(=O)C1CCCCCCC1. The van der Waals surface area contributed by atoms with E-state index in [0.717, 1.165) is 12.8 Å². The van der Waals surface area contributed by atoms with Crippen molar-refractivity contribution in [1.29, 1.82) is 0 Å². The normalized spacial score (nSPS) is 20.4. The molecule has 100 valence electrons. The van der Waals surface area contributed by atoms with Crippen molar-refractivity contribution < 1.29 is 9.53 Å². The highest BCUT2D eigenvalue weighted by molar-refractivity contribution is 9.09. The number of methoxy groups -OCH3 is 1. The van der Waals surface area contributed by atoms with Crippen LogP contribution in [0.25, 0.3) is 0 Å². The lowest BCUT2D eigenvalue weighted by Crippen LogP contribution is -2.36. The summed E-state index contributed by atoms with van der Waals surface area (Å²) in [5.41, 5.74) is 0. The van der Waals surface area contributed by atoms with Crippen LogP contribution in [0.5, 0.6) is 0 Å². The molecule has 3 nitrogen and oxygen atoms in total. The summed E-state index contributed by atoms with van der Waals surface area (Å²) in [7, 11) is 1.67. The van der Waals surface area contributed by atoms with E-state index >= 15 is 0 Å². The maximum atomic E-state index is 12.0. The Morgan fingerprint density at radius 3 is 2.47 bits per heavy atom. The van der Waals surface area contributed by atoms with E-state index in [1.807, 2.05) is 0 Å². The molecule has 1 atom stereocenters. The molecule has 1 fully saturated rings. The molecule has 0 radical (unpaired) electrons. The first-order chi connectivity index (χ1) is 8.24. The maximum absolute atomic E-state index is 12.0. The molecule has 17 heavy (non-hydrogen) atoms. The summed E-state index contributed by atoms with van der Waals surface area (Å²) in [4.78, 5) is 12.2. The number of carbonyl (C=O) groups excluding carboxylic acids is 1. The Balaban J connectivity index is 2.24. The van der Waals surface area contributed by atoms with Gasteiger partial charge >= 0.3 is 0 Å². The minimum atomic E-state index is 0.213. The number of rotatable bonds is 5. The van der Waals surface area contributed by atoms with Crippen molar-refractivity contribution in [3.63, 3.8) is 0 Å². The molecule has 1 amide bonds. The topological polar surface area (TPSA) is 38.3 Å². The van der Waals surface area contributed by atoms with Gasteiger partial charge < -0.3 is 10.1 Å². The van der Waals surface area contributed by atoms with Crippen LogP contribution in [0.15, 0.2) is 0 Å². The average Bonchev–Trinajstić information content (AvgIpc) is 2.26. The van der Waals surface area contributed by atoms with Gasteiger partial charge in [-0.1, -0.05) is 48.0 Å². The third kappa shape index (κ3) is 6.41. The Morgan fingerprint density at radius 2 is 1.88 bits per heavy atom. The zero-order valence-electron chi connectivity index (χ0n) is 10.7. The highest BCUT2D eigenvalue weighted by Gasteiger charge is 2.19. The molecule has 1 saturated carbocycles. The van der Waals surface area contributed by atoms with Gasteiger partial charge in [-0.15, -0.1) is 0 Å². The lowest BCUT2D eigenvalue weighted by Gasteiger charge is -2.20. The molecule has 0 aromatic rings. The molecule has 0 heterocycles. The minimum absolute atomic E-state index is 0.213. The van der Waals surface area contributed by atoms with Crippen molar-refractivity contribution in [3.8, 4) is 0 Å². The van der Waals surface area contributed by atoms with Gasteiger partial charge in [-0.25, -0.2) is 0 Å². The van der Waals surface area contributed by atoms with Gasteiger partial charge in [-0.3, -0.25) is 4.79 Å². The summed E-state index contributed by atoms with van der Waals surface area (Å²) in [5.74, 6) is 0.463. The van der Waals surface area contributed by atoms with Gasteiger partial charge in [0.1, 0.15) is 0 Å². The van der Waals surface area contributed by atoms with Crippen LogP contribution in [-0.4, -0.2) is 31.0 Å². The Kier molecular flexibility index (Phi) is 7.86. The zero-order valence-corrected chi connectivity index (χ0v) is 12.3. The Morgan fingerprint density at radius 1 is 1.29 bits per heavy atom. The summed E-state index contributed by atoms with van der Waals surface area (Å²) in [6, 6.07) is 0. The number of amides is 1. The molecule has 1 rings (SSSR count). The van der Waals surface area contributed by atoms with Crippen LogP contribution in [0.2, 0.25) is 0 Å². The molecular weight excluding hydrogens is 282 g/mol. The lowest BCUT2D eigenvalue weighted by atomic mass is 9.90. The van der Waals surface area contributed by atoms with E-state index in [-0.39, 0.29) is 16.7 Å². The largest absolute Gasteiger partial charge is 0.383 e. The predicted octanol–water partition coefficient (Wildman–Crippen LogP) is 2.87. The smallest absolute Gasteiger partial charge is 0.223 e. The second kappa shape index (κ2) is 8.92. The van der Waals surface area contributed by atoms with E-state index in [4.69, 9.17) is 4.74 Å². The van der Waals surface area contributed by atoms with Crippen LogP contribution in [0.4, 0.5) is 0 Å². The van der Waals surface area contributed by atoms with E-state index in [9.17, 15) is 4.79 Å². The predicted molar refractivity (Wildman–Crippen MR) is 73.4 cm³/mol. The van der Waals surface area contributed by atoms with Gasteiger partial charge in [-0.05, 0) is 12.8 Å². The number of ether oxygens (including phenoxy) is 1. The van der Waals surface area contributed by atoms with Crippen LogP contribution in [-0.2, 0) is 9.53 Å². The Hall–Kier alpha value is -0.0900. The monoisotopic (exact) mass is 305 g/mol. The Bertz CT molecular complexity index is 215. The fourth-order valence-electron chi connectivity index (χ4n) is 2.31. The van der Waals surface area contributed by atoms with Crippen molar-refractivity contribution >= 4 is 21.8 Å². The molecular formula is C13H24BrNO2. The first kappa shape index (κ1) is 15.0. The fraction of sp³-hybridized carbons (Fsp3) is 0.923. The molecule has 1 unspecified atom stereocenters. The van der Waals surface area contributed by atoms with Crippen LogP contribution in [0, 0.1) is 5.92 Å². The summed E-state index contributed by atoms with van der Waals surface area (Å²) in [6.45, 7) is 1.29. The van der Waals surface area contributed by atoms with Crippen molar-refractivity contribution in [2.75, 3.05) is 20.3 Å². The molecule has 0 aromatic carbocycles. The highest BCUT2D eigenvalue weighted by atomic mass is 79.9. The molecule has 0 bridgehead atoms. The molecule has 1 aliphatic rings. The standard InChI is InChI=1S/C13H24BrNO2/c1-17-10-12(14)9-15-13(16)11-7-5-3-2-4-6-8-11/h11-12H,2-10H2,1H3,(H,15,16). The van der Waals surface area contributed by atoms with E-state index in [2.05, 4.69) is 21.2 Å². The van der Waals surface area contributed by atoms with Crippen LogP contribution >= 0.6 is 15.9 Å². The van der Waals surface area contributed by atoms with Gasteiger partial charge in [0, 0.05) is 19.6 Å².